The van der Waals surface area contributed by atoms with Gasteiger partial charge in [0.25, 0.3) is 0 Å². The second kappa shape index (κ2) is 11.1. The molecule has 2 unspecified atom stereocenters. The Kier molecular flexibility index (Phi) is 7.75. The summed E-state index contributed by atoms with van der Waals surface area (Å²) in [5.74, 6) is -0.602. The number of hydrogen-bond acceptors (Lipinski definition) is 4. The van der Waals surface area contributed by atoms with Crippen LogP contribution in [0, 0.1) is 12.8 Å². The molecule has 0 aliphatic carbocycles. The maximum atomic E-state index is 13.2. The normalized spacial score (nSPS) is 17.9. The second-order valence-electron chi connectivity index (χ2n) is 8.51. The van der Waals surface area contributed by atoms with Crippen molar-refractivity contribution in [2.45, 2.75) is 38.8 Å². The van der Waals surface area contributed by atoms with E-state index in [0.29, 0.717) is 19.4 Å². The third-order valence-corrected chi connectivity index (χ3v) is 7.01. The zero-order valence-electron chi connectivity index (χ0n) is 19.2. The van der Waals surface area contributed by atoms with E-state index in [-0.39, 0.29) is 42.6 Å². The summed E-state index contributed by atoms with van der Waals surface area (Å²) >= 11 is 1.55. The lowest BCUT2D eigenvalue weighted by atomic mass is 9.86. The molecule has 3 amide bonds. The average molecular weight is 476 g/mol. The van der Waals surface area contributed by atoms with Crippen molar-refractivity contribution in [1.82, 2.24) is 10.6 Å². The number of thiophene rings is 1. The number of aryl methyl sites for hydroxylation is 1. The van der Waals surface area contributed by atoms with Crippen LogP contribution in [0.4, 0.5) is 5.69 Å². The van der Waals surface area contributed by atoms with E-state index in [1.807, 2.05) is 79.0 Å². The third-order valence-electron chi connectivity index (χ3n) is 6.06. The Bertz CT molecular complexity index is 1110. The van der Waals surface area contributed by atoms with Gasteiger partial charge in [-0.3, -0.25) is 14.4 Å². The van der Waals surface area contributed by atoms with Crippen LogP contribution in [0.25, 0.3) is 0 Å². The van der Waals surface area contributed by atoms with Crippen molar-refractivity contribution in [3.05, 3.63) is 88.1 Å². The molecule has 34 heavy (non-hydrogen) atoms. The smallest absolute Gasteiger partial charge is 0.227 e. The van der Waals surface area contributed by atoms with Gasteiger partial charge in [0.15, 0.2) is 0 Å². The average Bonchev–Trinajstić information content (AvgIpc) is 3.38. The molecule has 0 radical (unpaired) electrons. The van der Waals surface area contributed by atoms with E-state index in [1.54, 1.807) is 16.2 Å². The van der Waals surface area contributed by atoms with Crippen LogP contribution >= 0.6 is 11.3 Å². The molecule has 2 aromatic carbocycles. The summed E-state index contributed by atoms with van der Waals surface area (Å²) in [7, 11) is 0. The number of carbonyl (C=O) groups is 3. The van der Waals surface area contributed by atoms with Gasteiger partial charge in [-0.2, -0.15) is 0 Å². The van der Waals surface area contributed by atoms with Gasteiger partial charge in [-0.1, -0.05) is 54.1 Å². The van der Waals surface area contributed by atoms with Crippen LogP contribution in [-0.4, -0.2) is 24.3 Å². The van der Waals surface area contributed by atoms with Crippen molar-refractivity contribution < 1.29 is 14.4 Å². The zero-order valence-corrected chi connectivity index (χ0v) is 20.0. The molecule has 2 N–H and O–H groups in total. The van der Waals surface area contributed by atoms with Crippen LogP contribution < -0.4 is 15.5 Å². The fourth-order valence-electron chi connectivity index (χ4n) is 4.28. The molecule has 6 nitrogen and oxygen atoms in total. The van der Waals surface area contributed by atoms with Gasteiger partial charge in [0.05, 0.1) is 12.0 Å². The van der Waals surface area contributed by atoms with E-state index >= 15 is 0 Å². The van der Waals surface area contributed by atoms with Gasteiger partial charge in [-0.05, 0) is 42.5 Å². The SMILES string of the molecule is Cc1ccc(N2C(=O)CCC(C(=O)NCCC(=O)NCc3ccccc3)C2c2cccs2)cc1. The number of amides is 3. The number of rotatable bonds is 8. The highest BCUT2D eigenvalue weighted by Crippen LogP contribution is 2.41. The topological polar surface area (TPSA) is 78.5 Å². The lowest BCUT2D eigenvalue weighted by molar-refractivity contribution is -0.129. The zero-order chi connectivity index (χ0) is 23.9. The van der Waals surface area contributed by atoms with E-state index in [1.165, 1.54) is 0 Å². The standard InChI is InChI=1S/C27H29N3O3S/c1-19-9-11-21(12-10-19)30-25(32)14-13-22(26(30)23-8-5-17-34-23)27(33)28-16-15-24(31)29-18-20-6-3-2-4-7-20/h2-12,17,22,26H,13-16,18H2,1H3,(H,28,33)(H,29,31). The highest BCUT2D eigenvalue weighted by Gasteiger charge is 2.41. The van der Waals surface area contributed by atoms with Crippen molar-refractivity contribution in [2.24, 2.45) is 5.92 Å². The second-order valence-corrected chi connectivity index (χ2v) is 9.49. The van der Waals surface area contributed by atoms with E-state index in [9.17, 15) is 14.4 Å². The van der Waals surface area contributed by atoms with Crippen LogP contribution in [0.3, 0.4) is 0 Å². The summed E-state index contributed by atoms with van der Waals surface area (Å²) in [6, 6.07) is 21.1. The first-order valence-corrected chi connectivity index (χ1v) is 12.4. The minimum absolute atomic E-state index is 0.0200. The monoisotopic (exact) mass is 475 g/mol. The maximum absolute atomic E-state index is 13.2. The number of anilines is 1. The molecule has 4 rings (SSSR count). The first kappa shape index (κ1) is 23.7. The van der Waals surface area contributed by atoms with Crippen molar-refractivity contribution in [3.63, 3.8) is 0 Å². The van der Waals surface area contributed by atoms with Crippen molar-refractivity contribution in [2.75, 3.05) is 11.4 Å². The summed E-state index contributed by atoms with van der Waals surface area (Å²) in [5, 5.41) is 7.78. The molecule has 0 bridgehead atoms. The number of nitrogens with one attached hydrogen (secondary N) is 2. The summed E-state index contributed by atoms with van der Waals surface area (Å²) in [6.45, 7) is 2.72. The summed E-state index contributed by atoms with van der Waals surface area (Å²) in [6.07, 6.45) is 0.997. The molecule has 1 aliphatic rings. The van der Waals surface area contributed by atoms with Gasteiger partial charge in [-0.15, -0.1) is 11.3 Å². The van der Waals surface area contributed by atoms with Crippen LogP contribution in [0.5, 0.6) is 0 Å². The Balaban J connectivity index is 1.41. The molecule has 0 spiro atoms. The van der Waals surface area contributed by atoms with E-state index in [2.05, 4.69) is 10.6 Å². The number of piperidine rings is 1. The predicted molar refractivity (Wildman–Crippen MR) is 134 cm³/mol. The van der Waals surface area contributed by atoms with Crippen LogP contribution in [-0.2, 0) is 20.9 Å². The molecule has 1 saturated heterocycles. The Labute approximate surface area is 204 Å². The largest absolute Gasteiger partial charge is 0.355 e. The quantitative estimate of drug-likeness (QED) is 0.508. The molecule has 0 saturated carbocycles. The van der Waals surface area contributed by atoms with E-state index < -0.39 is 0 Å². The van der Waals surface area contributed by atoms with Crippen molar-refractivity contribution in [3.8, 4) is 0 Å². The molecular weight excluding hydrogens is 446 g/mol. The summed E-state index contributed by atoms with van der Waals surface area (Å²) in [5.41, 5.74) is 2.94. The number of carbonyl (C=O) groups excluding carboxylic acids is 3. The summed E-state index contributed by atoms with van der Waals surface area (Å²) < 4.78 is 0. The van der Waals surface area contributed by atoms with Gasteiger partial charge in [0.1, 0.15) is 0 Å². The Hall–Kier alpha value is -3.45. The van der Waals surface area contributed by atoms with Gasteiger partial charge in [0, 0.05) is 36.5 Å². The predicted octanol–water partition coefficient (Wildman–Crippen LogP) is 4.36. The Morgan fingerprint density at radius 1 is 1.00 bits per heavy atom. The third kappa shape index (κ3) is 5.72. The van der Waals surface area contributed by atoms with Crippen LogP contribution in [0.1, 0.15) is 41.3 Å². The minimum atomic E-state index is -0.384. The van der Waals surface area contributed by atoms with Gasteiger partial charge in [-0.25, -0.2) is 0 Å². The molecule has 7 heteroatoms. The summed E-state index contributed by atoms with van der Waals surface area (Å²) in [4.78, 5) is 41.2. The fourth-order valence-corrected chi connectivity index (χ4v) is 5.16. The number of benzene rings is 2. The van der Waals surface area contributed by atoms with Crippen LogP contribution in [0.2, 0.25) is 0 Å². The molecular formula is C27H29N3O3S. The van der Waals surface area contributed by atoms with E-state index in [4.69, 9.17) is 0 Å². The lowest BCUT2D eigenvalue weighted by Crippen LogP contribution is -2.48. The van der Waals surface area contributed by atoms with Gasteiger partial charge < -0.3 is 15.5 Å². The highest BCUT2D eigenvalue weighted by molar-refractivity contribution is 7.10. The van der Waals surface area contributed by atoms with Crippen molar-refractivity contribution >= 4 is 34.7 Å². The number of hydrogen-bond donors (Lipinski definition) is 2. The first-order valence-electron chi connectivity index (χ1n) is 11.5. The van der Waals surface area contributed by atoms with E-state index in [0.717, 1.165) is 21.7 Å². The minimum Gasteiger partial charge on any atom is -0.355 e. The first-order chi connectivity index (χ1) is 16.5. The molecule has 176 valence electrons. The fraction of sp³-hybridized carbons (Fsp3) is 0.296. The van der Waals surface area contributed by atoms with Crippen molar-refractivity contribution in [1.29, 1.82) is 0 Å². The lowest BCUT2D eigenvalue weighted by Gasteiger charge is -2.40. The molecule has 3 aromatic rings. The van der Waals surface area contributed by atoms with Gasteiger partial charge >= 0.3 is 0 Å². The molecule has 1 fully saturated rings. The molecule has 2 atom stereocenters. The van der Waals surface area contributed by atoms with Gasteiger partial charge in [0.2, 0.25) is 17.7 Å². The Morgan fingerprint density at radius 3 is 2.47 bits per heavy atom. The van der Waals surface area contributed by atoms with Crippen LogP contribution in [0.15, 0.2) is 72.1 Å². The maximum Gasteiger partial charge on any atom is 0.227 e. The highest BCUT2D eigenvalue weighted by atomic mass is 32.1. The molecule has 1 aromatic heterocycles. The number of nitrogens with zero attached hydrogens (tertiary/aromatic N) is 1. The Morgan fingerprint density at radius 2 is 1.76 bits per heavy atom. The molecule has 2 heterocycles. The molecule has 1 aliphatic heterocycles.